The summed E-state index contributed by atoms with van der Waals surface area (Å²) in [4.78, 5) is 4.94. The summed E-state index contributed by atoms with van der Waals surface area (Å²) in [5, 5.41) is 8.83. The van der Waals surface area contributed by atoms with E-state index in [-0.39, 0.29) is 0 Å². The van der Waals surface area contributed by atoms with Crippen LogP contribution < -0.4 is 0 Å². The number of aliphatic hydroxyl groups excluding tert-OH is 1. The largest absolute Gasteiger partial charge is 0.396 e. The third kappa shape index (κ3) is 4.35. The van der Waals surface area contributed by atoms with E-state index in [1.165, 1.54) is 5.56 Å². The molecular weight excluding hydrogens is 292 g/mol. The first-order chi connectivity index (χ1) is 8.78. The van der Waals surface area contributed by atoms with Gasteiger partial charge in [0.15, 0.2) is 0 Å². The second kappa shape index (κ2) is 7.24. The second-order valence-corrected chi connectivity index (χ2v) is 5.74. The fraction of sp³-hybridized carbons (Fsp3) is 0.571. The Labute approximate surface area is 118 Å². The van der Waals surface area contributed by atoms with Gasteiger partial charge in [0.05, 0.1) is 0 Å². The van der Waals surface area contributed by atoms with E-state index in [9.17, 15) is 0 Å². The Kier molecular flexibility index (Phi) is 5.63. The first-order valence-corrected chi connectivity index (χ1v) is 7.37. The first-order valence-electron chi connectivity index (χ1n) is 6.58. The van der Waals surface area contributed by atoms with Gasteiger partial charge in [-0.05, 0) is 24.1 Å². The number of halogens is 1. The average molecular weight is 313 g/mol. The molecule has 1 aromatic carbocycles. The normalized spacial score (nSPS) is 18.1. The van der Waals surface area contributed by atoms with Crippen LogP contribution >= 0.6 is 15.9 Å². The van der Waals surface area contributed by atoms with E-state index < -0.39 is 0 Å². The van der Waals surface area contributed by atoms with Crippen LogP contribution in [0.3, 0.4) is 0 Å². The molecule has 0 radical (unpaired) electrons. The topological polar surface area (TPSA) is 26.7 Å². The summed E-state index contributed by atoms with van der Waals surface area (Å²) in [6.45, 7) is 6.85. The molecule has 2 rings (SSSR count). The Bertz CT molecular complexity index is 365. The molecule has 1 aliphatic rings. The van der Waals surface area contributed by atoms with Crippen molar-refractivity contribution in [2.24, 2.45) is 0 Å². The molecule has 4 heteroatoms. The van der Waals surface area contributed by atoms with Crippen LogP contribution in [0.15, 0.2) is 28.7 Å². The monoisotopic (exact) mass is 312 g/mol. The lowest BCUT2D eigenvalue weighted by Crippen LogP contribution is -2.46. The molecule has 0 atom stereocenters. The van der Waals surface area contributed by atoms with Crippen LogP contribution in [0, 0.1) is 0 Å². The summed E-state index contributed by atoms with van der Waals surface area (Å²) in [7, 11) is 0. The van der Waals surface area contributed by atoms with Gasteiger partial charge in [0, 0.05) is 50.3 Å². The van der Waals surface area contributed by atoms with Crippen LogP contribution in [0.5, 0.6) is 0 Å². The van der Waals surface area contributed by atoms with E-state index in [4.69, 9.17) is 5.11 Å². The molecule has 1 fully saturated rings. The maximum absolute atomic E-state index is 8.83. The van der Waals surface area contributed by atoms with E-state index in [0.717, 1.165) is 50.2 Å². The molecule has 0 aliphatic carbocycles. The van der Waals surface area contributed by atoms with Gasteiger partial charge in [0.1, 0.15) is 0 Å². The highest BCUT2D eigenvalue weighted by molar-refractivity contribution is 9.10. The van der Waals surface area contributed by atoms with Gasteiger partial charge in [-0.25, -0.2) is 0 Å². The average Bonchev–Trinajstić information content (AvgIpc) is 2.38. The molecule has 100 valence electrons. The Balaban J connectivity index is 1.76. The van der Waals surface area contributed by atoms with Crippen molar-refractivity contribution in [2.75, 3.05) is 39.3 Å². The summed E-state index contributed by atoms with van der Waals surface area (Å²) >= 11 is 3.51. The molecule has 1 heterocycles. The lowest BCUT2D eigenvalue weighted by atomic mass is 10.2. The van der Waals surface area contributed by atoms with Crippen molar-refractivity contribution in [1.29, 1.82) is 0 Å². The van der Waals surface area contributed by atoms with Gasteiger partial charge in [0.25, 0.3) is 0 Å². The van der Waals surface area contributed by atoms with Crippen molar-refractivity contribution < 1.29 is 5.11 Å². The fourth-order valence-corrected chi connectivity index (χ4v) is 2.81. The van der Waals surface area contributed by atoms with E-state index in [0.29, 0.717) is 6.61 Å². The lowest BCUT2D eigenvalue weighted by Gasteiger charge is -2.34. The highest BCUT2D eigenvalue weighted by atomic mass is 79.9. The van der Waals surface area contributed by atoms with Crippen LogP contribution in [0.4, 0.5) is 0 Å². The number of hydrogen-bond acceptors (Lipinski definition) is 3. The van der Waals surface area contributed by atoms with Gasteiger partial charge in [-0.15, -0.1) is 0 Å². The maximum Gasteiger partial charge on any atom is 0.0443 e. The van der Waals surface area contributed by atoms with E-state index in [1.807, 2.05) is 0 Å². The number of benzene rings is 1. The fourth-order valence-electron chi connectivity index (χ4n) is 2.36. The molecule has 0 spiro atoms. The number of nitrogens with zero attached hydrogens (tertiary/aromatic N) is 2. The van der Waals surface area contributed by atoms with E-state index >= 15 is 0 Å². The summed E-state index contributed by atoms with van der Waals surface area (Å²) in [5.41, 5.74) is 1.37. The molecule has 0 unspecified atom stereocenters. The van der Waals surface area contributed by atoms with Crippen LogP contribution in [0.25, 0.3) is 0 Å². The number of piperazine rings is 1. The predicted octanol–water partition coefficient (Wildman–Crippen LogP) is 1.95. The van der Waals surface area contributed by atoms with Crippen molar-refractivity contribution in [3.05, 3.63) is 34.3 Å². The van der Waals surface area contributed by atoms with Gasteiger partial charge in [-0.3, -0.25) is 4.90 Å². The Morgan fingerprint density at radius 2 is 1.83 bits per heavy atom. The zero-order valence-corrected chi connectivity index (χ0v) is 12.3. The molecular formula is C14H21BrN2O. The molecule has 1 aliphatic heterocycles. The predicted molar refractivity (Wildman–Crippen MR) is 77.6 cm³/mol. The quantitative estimate of drug-likeness (QED) is 0.900. The maximum atomic E-state index is 8.83. The van der Waals surface area contributed by atoms with Gasteiger partial charge in [-0.1, -0.05) is 28.1 Å². The minimum atomic E-state index is 0.304. The third-order valence-electron chi connectivity index (χ3n) is 3.39. The molecule has 0 saturated carbocycles. The van der Waals surface area contributed by atoms with Crippen molar-refractivity contribution in [1.82, 2.24) is 9.80 Å². The Morgan fingerprint density at radius 1 is 1.11 bits per heavy atom. The minimum Gasteiger partial charge on any atom is -0.396 e. The summed E-state index contributed by atoms with van der Waals surface area (Å²) in [6.07, 6.45) is 0.894. The second-order valence-electron chi connectivity index (χ2n) is 4.82. The van der Waals surface area contributed by atoms with E-state index in [1.54, 1.807) is 0 Å². The van der Waals surface area contributed by atoms with Gasteiger partial charge in [-0.2, -0.15) is 0 Å². The zero-order chi connectivity index (χ0) is 12.8. The molecule has 0 aromatic heterocycles. The van der Waals surface area contributed by atoms with Crippen LogP contribution in [-0.2, 0) is 6.54 Å². The van der Waals surface area contributed by atoms with E-state index in [2.05, 4.69) is 50.0 Å². The molecule has 0 amide bonds. The van der Waals surface area contributed by atoms with Gasteiger partial charge in [0.2, 0.25) is 0 Å². The first kappa shape index (κ1) is 14.0. The minimum absolute atomic E-state index is 0.304. The molecule has 18 heavy (non-hydrogen) atoms. The molecule has 1 N–H and O–H groups in total. The number of aliphatic hydroxyl groups is 1. The third-order valence-corrected chi connectivity index (χ3v) is 3.89. The van der Waals surface area contributed by atoms with Gasteiger partial charge < -0.3 is 10.0 Å². The van der Waals surface area contributed by atoms with Crippen LogP contribution in [0.2, 0.25) is 0 Å². The highest BCUT2D eigenvalue weighted by Crippen LogP contribution is 2.14. The standard InChI is InChI=1S/C14H21BrN2O/c15-14-4-1-3-13(11-14)12-17-8-6-16(7-9-17)5-2-10-18/h1,3-4,11,18H,2,5-10,12H2. The van der Waals surface area contributed by atoms with Crippen molar-refractivity contribution in [3.63, 3.8) is 0 Å². The van der Waals surface area contributed by atoms with Crippen molar-refractivity contribution >= 4 is 15.9 Å². The SMILES string of the molecule is OCCCN1CCN(Cc2cccc(Br)c2)CC1. The molecule has 1 saturated heterocycles. The van der Waals surface area contributed by atoms with Gasteiger partial charge >= 0.3 is 0 Å². The number of hydrogen-bond donors (Lipinski definition) is 1. The van der Waals surface area contributed by atoms with Crippen molar-refractivity contribution in [3.8, 4) is 0 Å². The highest BCUT2D eigenvalue weighted by Gasteiger charge is 2.16. The molecule has 1 aromatic rings. The van der Waals surface area contributed by atoms with Crippen molar-refractivity contribution in [2.45, 2.75) is 13.0 Å². The molecule has 3 nitrogen and oxygen atoms in total. The molecule has 0 bridgehead atoms. The smallest absolute Gasteiger partial charge is 0.0443 e. The van der Waals surface area contributed by atoms with Crippen LogP contribution in [0.1, 0.15) is 12.0 Å². The summed E-state index contributed by atoms with van der Waals surface area (Å²) in [6, 6.07) is 8.54. The van der Waals surface area contributed by atoms with Crippen LogP contribution in [-0.4, -0.2) is 54.2 Å². The summed E-state index contributed by atoms with van der Waals surface area (Å²) in [5.74, 6) is 0. The lowest BCUT2D eigenvalue weighted by molar-refractivity contribution is 0.120. The zero-order valence-electron chi connectivity index (χ0n) is 10.7. The Hall–Kier alpha value is -0.420. The Morgan fingerprint density at radius 3 is 2.50 bits per heavy atom. The summed E-state index contributed by atoms with van der Waals surface area (Å²) < 4.78 is 1.15. The number of rotatable bonds is 5.